The summed E-state index contributed by atoms with van der Waals surface area (Å²) in [6, 6.07) is 0. The van der Waals surface area contributed by atoms with Crippen molar-refractivity contribution in [2.75, 3.05) is 13.1 Å². The summed E-state index contributed by atoms with van der Waals surface area (Å²) in [6.07, 6.45) is 3.01. The van der Waals surface area contributed by atoms with Crippen LogP contribution in [0.25, 0.3) is 0 Å². The average molecular weight is 282 g/mol. The van der Waals surface area contributed by atoms with Gasteiger partial charge in [-0.1, -0.05) is 34.6 Å². The smallest absolute Gasteiger partial charge is 0.226 e. The van der Waals surface area contributed by atoms with Crippen LogP contribution in [0.4, 0.5) is 0 Å². The van der Waals surface area contributed by atoms with Gasteiger partial charge in [0.15, 0.2) is 0 Å². The predicted octanol–water partition coefficient (Wildman–Crippen LogP) is 1.83. The molecule has 1 aliphatic rings. The average Bonchev–Trinajstić information content (AvgIpc) is 2.61. The van der Waals surface area contributed by atoms with Crippen LogP contribution in [0.2, 0.25) is 0 Å². The van der Waals surface area contributed by atoms with Gasteiger partial charge in [0.05, 0.1) is 0 Å². The van der Waals surface area contributed by atoms with Crippen LogP contribution < -0.4 is 5.11 Å². The van der Waals surface area contributed by atoms with Crippen LogP contribution in [-0.4, -0.2) is 29.9 Å². The molecule has 4 heteroatoms. The molecule has 2 atom stereocenters. The van der Waals surface area contributed by atoms with Gasteiger partial charge in [-0.05, 0) is 31.1 Å². The van der Waals surface area contributed by atoms with E-state index in [1.807, 2.05) is 18.7 Å². The van der Waals surface area contributed by atoms with E-state index < -0.39 is 16.8 Å². The normalized spacial score (nSPS) is 28.4. The van der Waals surface area contributed by atoms with Crippen molar-refractivity contribution in [3.05, 3.63) is 0 Å². The van der Waals surface area contributed by atoms with Gasteiger partial charge in [-0.25, -0.2) is 0 Å². The van der Waals surface area contributed by atoms with Gasteiger partial charge in [0.1, 0.15) is 0 Å². The highest BCUT2D eigenvalue weighted by Crippen LogP contribution is 2.56. The minimum Gasteiger partial charge on any atom is -0.550 e. The summed E-state index contributed by atoms with van der Waals surface area (Å²) in [5.41, 5.74) is -1.49. The van der Waals surface area contributed by atoms with Gasteiger partial charge < -0.3 is 14.8 Å². The molecule has 0 aromatic heterocycles. The SMILES string of the molecule is CCCN(CCC)C(=O)C1CCC(C)(C(=O)[O-])C1(C)C. The number of hydrogen-bond acceptors (Lipinski definition) is 3. The van der Waals surface area contributed by atoms with Gasteiger partial charge in [0.25, 0.3) is 0 Å². The number of carboxylic acids is 1. The number of carbonyl (C=O) groups excluding carboxylic acids is 2. The highest BCUT2D eigenvalue weighted by molar-refractivity contribution is 5.83. The minimum atomic E-state index is -1.03. The van der Waals surface area contributed by atoms with E-state index in [9.17, 15) is 14.7 Å². The lowest BCUT2D eigenvalue weighted by Crippen LogP contribution is -2.51. The zero-order valence-electron chi connectivity index (χ0n) is 13.5. The summed E-state index contributed by atoms with van der Waals surface area (Å²) in [5.74, 6) is -1.14. The van der Waals surface area contributed by atoms with Gasteiger partial charge >= 0.3 is 0 Å². The summed E-state index contributed by atoms with van der Waals surface area (Å²) in [4.78, 5) is 26.2. The summed E-state index contributed by atoms with van der Waals surface area (Å²) < 4.78 is 0. The van der Waals surface area contributed by atoms with Crippen LogP contribution >= 0.6 is 0 Å². The van der Waals surface area contributed by atoms with E-state index in [-0.39, 0.29) is 11.8 Å². The Morgan fingerprint density at radius 1 is 1.15 bits per heavy atom. The number of hydrogen-bond donors (Lipinski definition) is 0. The second kappa shape index (κ2) is 6.15. The van der Waals surface area contributed by atoms with E-state index in [4.69, 9.17) is 0 Å². The Labute approximate surface area is 122 Å². The number of rotatable bonds is 6. The summed E-state index contributed by atoms with van der Waals surface area (Å²) >= 11 is 0. The lowest BCUT2D eigenvalue weighted by Gasteiger charge is -2.43. The number of aliphatic carboxylic acids is 1. The van der Waals surface area contributed by atoms with Crippen molar-refractivity contribution in [3.8, 4) is 0 Å². The molecule has 1 aliphatic carbocycles. The van der Waals surface area contributed by atoms with Crippen molar-refractivity contribution < 1.29 is 14.7 Å². The van der Waals surface area contributed by atoms with E-state index >= 15 is 0 Å². The molecule has 4 nitrogen and oxygen atoms in total. The maximum atomic E-state index is 12.8. The van der Waals surface area contributed by atoms with Gasteiger partial charge in [-0.15, -0.1) is 0 Å². The fourth-order valence-electron chi connectivity index (χ4n) is 3.39. The second-order valence-electron chi connectivity index (χ2n) is 6.76. The number of carboxylic acid groups (broad SMARTS) is 1. The first-order valence-electron chi connectivity index (χ1n) is 7.72. The summed E-state index contributed by atoms with van der Waals surface area (Å²) in [7, 11) is 0. The molecule has 0 heterocycles. The molecule has 1 rings (SSSR count). The minimum absolute atomic E-state index is 0.115. The molecule has 1 fully saturated rings. The Kier molecular flexibility index (Phi) is 5.22. The monoisotopic (exact) mass is 282 g/mol. The third kappa shape index (κ3) is 2.70. The van der Waals surface area contributed by atoms with Gasteiger partial charge in [0, 0.05) is 30.4 Å². The third-order valence-corrected chi connectivity index (χ3v) is 5.27. The maximum Gasteiger partial charge on any atom is 0.226 e. The Balaban J connectivity index is 2.97. The lowest BCUT2D eigenvalue weighted by atomic mass is 9.65. The molecular formula is C16H28NO3-. The zero-order chi connectivity index (χ0) is 15.6. The Hall–Kier alpha value is -1.06. The fraction of sp³-hybridized carbons (Fsp3) is 0.875. The zero-order valence-corrected chi connectivity index (χ0v) is 13.5. The largest absolute Gasteiger partial charge is 0.550 e. The molecular weight excluding hydrogens is 254 g/mol. The molecule has 0 saturated heterocycles. The van der Waals surface area contributed by atoms with Gasteiger partial charge in [0.2, 0.25) is 5.91 Å². The molecule has 0 bridgehead atoms. The molecule has 0 N–H and O–H groups in total. The highest BCUT2D eigenvalue weighted by Gasteiger charge is 2.55. The van der Waals surface area contributed by atoms with E-state index in [0.29, 0.717) is 12.8 Å². The van der Waals surface area contributed by atoms with Crippen LogP contribution in [0.15, 0.2) is 0 Å². The predicted molar refractivity (Wildman–Crippen MR) is 76.8 cm³/mol. The van der Waals surface area contributed by atoms with Crippen molar-refractivity contribution in [1.82, 2.24) is 4.90 Å². The van der Waals surface area contributed by atoms with Crippen LogP contribution in [0.3, 0.4) is 0 Å². The topological polar surface area (TPSA) is 60.4 Å². The molecule has 116 valence electrons. The first-order valence-corrected chi connectivity index (χ1v) is 7.72. The molecule has 0 aromatic rings. The molecule has 0 aliphatic heterocycles. The number of carbonyl (C=O) groups is 2. The summed E-state index contributed by atoms with van der Waals surface area (Å²) in [5, 5.41) is 11.5. The van der Waals surface area contributed by atoms with Crippen LogP contribution in [-0.2, 0) is 9.59 Å². The summed E-state index contributed by atoms with van der Waals surface area (Å²) in [6.45, 7) is 11.1. The van der Waals surface area contributed by atoms with Gasteiger partial charge in [-0.2, -0.15) is 0 Å². The Morgan fingerprint density at radius 2 is 1.65 bits per heavy atom. The molecule has 20 heavy (non-hydrogen) atoms. The van der Waals surface area contributed by atoms with E-state index in [1.54, 1.807) is 6.92 Å². The first-order chi connectivity index (χ1) is 9.22. The highest BCUT2D eigenvalue weighted by atomic mass is 16.4. The number of amides is 1. The molecule has 1 saturated carbocycles. The second-order valence-corrected chi connectivity index (χ2v) is 6.76. The standard InChI is InChI=1S/C16H29NO3/c1-6-10-17(11-7-2)13(18)12-8-9-16(5,14(19)20)15(12,3)4/h12H,6-11H2,1-5H3,(H,19,20)/p-1. The van der Waals surface area contributed by atoms with E-state index in [0.717, 1.165) is 25.9 Å². The third-order valence-electron chi connectivity index (χ3n) is 5.27. The maximum absolute atomic E-state index is 12.8. The van der Waals surface area contributed by atoms with Crippen molar-refractivity contribution >= 4 is 11.9 Å². The fourth-order valence-corrected chi connectivity index (χ4v) is 3.39. The van der Waals surface area contributed by atoms with Crippen molar-refractivity contribution in [1.29, 1.82) is 0 Å². The number of nitrogens with zero attached hydrogens (tertiary/aromatic N) is 1. The quantitative estimate of drug-likeness (QED) is 0.746. The Morgan fingerprint density at radius 3 is 2.00 bits per heavy atom. The molecule has 0 aromatic carbocycles. The van der Waals surface area contributed by atoms with E-state index in [2.05, 4.69) is 13.8 Å². The van der Waals surface area contributed by atoms with Crippen molar-refractivity contribution in [2.45, 2.75) is 60.3 Å². The van der Waals surface area contributed by atoms with Crippen LogP contribution in [0.1, 0.15) is 60.3 Å². The molecule has 2 unspecified atom stereocenters. The van der Waals surface area contributed by atoms with Crippen LogP contribution in [0.5, 0.6) is 0 Å². The van der Waals surface area contributed by atoms with Gasteiger partial charge in [-0.3, -0.25) is 4.79 Å². The van der Waals surface area contributed by atoms with Crippen LogP contribution in [0, 0.1) is 16.7 Å². The molecule has 1 amide bonds. The lowest BCUT2D eigenvalue weighted by molar-refractivity contribution is -0.323. The molecule has 0 radical (unpaired) electrons. The van der Waals surface area contributed by atoms with Crippen molar-refractivity contribution in [2.24, 2.45) is 16.7 Å². The first kappa shape index (κ1) is 17.0. The Bertz CT molecular complexity index is 372. The van der Waals surface area contributed by atoms with Crippen molar-refractivity contribution in [3.63, 3.8) is 0 Å². The van der Waals surface area contributed by atoms with E-state index in [1.165, 1.54) is 0 Å². The molecule has 0 spiro atoms.